The maximum atomic E-state index is 11.5. The summed E-state index contributed by atoms with van der Waals surface area (Å²) in [6.07, 6.45) is 1.40. The molecule has 0 aromatic heterocycles. The van der Waals surface area contributed by atoms with Crippen molar-refractivity contribution in [2.45, 2.75) is 57.5 Å². The second-order valence-electron chi connectivity index (χ2n) is 10.0. The van der Waals surface area contributed by atoms with E-state index in [1.807, 2.05) is 6.07 Å². The summed E-state index contributed by atoms with van der Waals surface area (Å²) in [5.41, 5.74) is 3.57. The minimum absolute atomic E-state index is 0.00257. The average Bonchev–Trinajstić information content (AvgIpc) is 2.80. The van der Waals surface area contributed by atoms with Gasteiger partial charge in [0.1, 0.15) is 29.8 Å². The van der Waals surface area contributed by atoms with Crippen LogP contribution in [0, 0.1) is 0 Å². The maximum Gasteiger partial charge on any atom is 0.339 e. The molecule has 0 saturated heterocycles. The molecule has 1 aliphatic carbocycles. The molecule has 0 heterocycles. The summed E-state index contributed by atoms with van der Waals surface area (Å²) >= 11 is 0. The Hall–Kier alpha value is -2.61. The fraction of sp³-hybridized carbons (Fsp3) is 0.519. The van der Waals surface area contributed by atoms with Crippen LogP contribution in [0.25, 0.3) is 0 Å². The number of fused-ring (bicyclic) bond motifs is 1. The van der Waals surface area contributed by atoms with Crippen molar-refractivity contribution in [1.82, 2.24) is 0 Å². The van der Waals surface area contributed by atoms with Crippen LogP contribution in [0.15, 0.2) is 36.4 Å². The molecule has 0 fully saturated rings. The number of hydrogen-bond donors (Lipinski definition) is 2. The van der Waals surface area contributed by atoms with Crippen LogP contribution in [0.5, 0.6) is 11.5 Å². The number of hydrogen-bond acceptors (Lipinski definition) is 6. The second kappa shape index (κ2) is 10.8. The number of aliphatic hydroxyl groups is 1. The van der Waals surface area contributed by atoms with Gasteiger partial charge in [0.25, 0.3) is 0 Å². The van der Waals surface area contributed by atoms with Crippen LogP contribution in [0.2, 0.25) is 0 Å². The zero-order valence-corrected chi connectivity index (χ0v) is 20.7. The Morgan fingerprint density at radius 3 is 2.35 bits per heavy atom. The Labute approximate surface area is 201 Å². The Kier molecular flexibility index (Phi) is 8.23. The average molecular weight is 473 g/mol. The fourth-order valence-electron chi connectivity index (χ4n) is 4.28. The van der Waals surface area contributed by atoms with Crippen LogP contribution in [-0.2, 0) is 20.3 Å². The van der Waals surface area contributed by atoms with Gasteiger partial charge in [0, 0.05) is 13.2 Å². The van der Waals surface area contributed by atoms with Crippen LogP contribution in [-0.4, -0.2) is 49.9 Å². The van der Waals surface area contributed by atoms with Crippen molar-refractivity contribution in [3.05, 3.63) is 58.7 Å². The molecular weight excluding hydrogens is 436 g/mol. The number of carboxylic acids is 1. The first kappa shape index (κ1) is 26.0. The molecule has 1 atom stereocenters. The van der Waals surface area contributed by atoms with E-state index in [1.165, 1.54) is 23.3 Å². The van der Waals surface area contributed by atoms with Crippen LogP contribution in [0.4, 0.5) is 0 Å². The van der Waals surface area contributed by atoms with Gasteiger partial charge < -0.3 is 29.2 Å². The normalized spacial score (nSPS) is 17.0. The first-order valence-electron chi connectivity index (χ1n) is 11.6. The summed E-state index contributed by atoms with van der Waals surface area (Å²) in [7, 11) is 1.56. The van der Waals surface area contributed by atoms with E-state index in [2.05, 4.69) is 39.8 Å². The minimum Gasteiger partial charge on any atom is -0.490 e. The zero-order valence-electron chi connectivity index (χ0n) is 20.7. The molecule has 0 radical (unpaired) electrons. The largest absolute Gasteiger partial charge is 0.490 e. The van der Waals surface area contributed by atoms with Crippen molar-refractivity contribution in [2.75, 3.05) is 33.7 Å². The van der Waals surface area contributed by atoms with Gasteiger partial charge in [0.05, 0.1) is 13.2 Å². The number of carboxylic acid groups (broad SMARTS) is 1. The van der Waals surface area contributed by atoms with E-state index in [-0.39, 0.29) is 35.5 Å². The SMILES string of the molecule is COCCOCOc1cc(OCC(O)c2ccc3c(c2)C(C)(C)CCC3(C)C)ccc1C(=O)O. The molecule has 2 N–H and O–H groups in total. The molecule has 0 saturated carbocycles. The zero-order chi connectivity index (χ0) is 24.9. The number of ether oxygens (including phenoxy) is 4. The lowest BCUT2D eigenvalue weighted by Gasteiger charge is -2.42. The van der Waals surface area contributed by atoms with Crippen LogP contribution >= 0.6 is 0 Å². The third-order valence-corrected chi connectivity index (χ3v) is 6.58. The Morgan fingerprint density at radius 1 is 0.971 bits per heavy atom. The number of aromatic carboxylic acids is 1. The molecule has 186 valence electrons. The van der Waals surface area contributed by atoms with Gasteiger partial charge in [-0.25, -0.2) is 4.79 Å². The molecule has 34 heavy (non-hydrogen) atoms. The number of benzene rings is 2. The predicted octanol–water partition coefficient (Wildman–Crippen LogP) is 4.85. The lowest BCUT2D eigenvalue weighted by atomic mass is 9.63. The summed E-state index contributed by atoms with van der Waals surface area (Å²) in [6, 6.07) is 10.7. The van der Waals surface area contributed by atoms with E-state index in [9.17, 15) is 15.0 Å². The van der Waals surface area contributed by atoms with Crippen molar-refractivity contribution in [2.24, 2.45) is 0 Å². The van der Waals surface area contributed by atoms with Crippen molar-refractivity contribution in [1.29, 1.82) is 0 Å². The number of rotatable bonds is 11. The molecule has 1 unspecified atom stereocenters. The van der Waals surface area contributed by atoms with Gasteiger partial charge in [0.2, 0.25) is 0 Å². The van der Waals surface area contributed by atoms with E-state index in [0.29, 0.717) is 19.0 Å². The molecule has 7 heteroatoms. The second-order valence-corrected chi connectivity index (χ2v) is 10.0. The highest BCUT2D eigenvalue weighted by Crippen LogP contribution is 2.46. The highest BCUT2D eigenvalue weighted by atomic mass is 16.7. The molecule has 1 aliphatic rings. The van der Waals surface area contributed by atoms with Crippen molar-refractivity contribution < 1.29 is 34.0 Å². The summed E-state index contributed by atoms with van der Waals surface area (Å²) in [4.78, 5) is 11.5. The van der Waals surface area contributed by atoms with Crippen molar-refractivity contribution >= 4 is 5.97 Å². The fourth-order valence-corrected chi connectivity index (χ4v) is 4.28. The first-order valence-corrected chi connectivity index (χ1v) is 11.6. The molecule has 3 rings (SSSR count). The van der Waals surface area contributed by atoms with Crippen LogP contribution in [0.3, 0.4) is 0 Å². The molecule has 2 aromatic rings. The van der Waals surface area contributed by atoms with Gasteiger partial charge in [0.15, 0.2) is 6.79 Å². The summed E-state index contributed by atoms with van der Waals surface area (Å²) in [6.45, 7) is 9.68. The van der Waals surface area contributed by atoms with Crippen molar-refractivity contribution in [3.8, 4) is 11.5 Å². The molecule has 7 nitrogen and oxygen atoms in total. The Morgan fingerprint density at radius 2 is 1.68 bits per heavy atom. The number of carbonyl (C=O) groups is 1. The molecule has 0 amide bonds. The van der Waals surface area contributed by atoms with Gasteiger partial charge in [-0.2, -0.15) is 0 Å². The van der Waals surface area contributed by atoms with E-state index < -0.39 is 12.1 Å². The molecule has 2 aromatic carbocycles. The smallest absolute Gasteiger partial charge is 0.339 e. The third-order valence-electron chi connectivity index (χ3n) is 6.58. The maximum absolute atomic E-state index is 11.5. The molecular formula is C27H36O7. The van der Waals surface area contributed by atoms with Crippen LogP contribution < -0.4 is 9.47 Å². The van der Waals surface area contributed by atoms with E-state index in [1.54, 1.807) is 13.2 Å². The quantitative estimate of drug-likeness (QED) is 0.357. The predicted molar refractivity (Wildman–Crippen MR) is 129 cm³/mol. The number of methoxy groups -OCH3 is 1. The van der Waals surface area contributed by atoms with E-state index in [4.69, 9.17) is 18.9 Å². The molecule has 0 aliphatic heterocycles. The minimum atomic E-state index is -1.11. The van der Waals surface area contributed by atoms with E-state index >= 15 is 0 Å². The Bertz CT molecular complexity index is 996. The summed E-state index contributed by atoms with van der Waals surface area (Å²) in [5.74, 6) is -0.580. The number of aliphatic hydroxyl groups excluding tert-OH is 1. The summed E-state index contributed by atoms with van der Waals surface area (Å²) in [5, 5.41) is 20.3. The Balaban J connectivity index is 1.70. The topological polar surface area (TPSA) is 94.5 Å². The standard InChI is InChI=1S/C27H36O7/c1-26(2)10-11-27(3,4)22-14-18(6-9-21(22)26)23(28)16-33-19-7-8-20(25(29)30)24(15-19)34-17-32-13-12-31-5/h6-9,14-15,23,28H,10-13,16-17H2,1-5H3,(H,29,30). The third kappa shape index (κ3) is 6.09. The van der Waals surface area contributed by atoms with Gasteiger partial charge >= 0.3 is 5.97 Å². The van der Waals surface area contributed by atoms with Gasteiger partial charge in [-0.1, -0.05) is 45.9 Å². The highest BCUT2D eigenvalue weighted by molar-refractivity contribution is 5.91. The van der Waals surface area contributed by atoms with Gasteiger partial charge in [-0.3, -0.25) is 0 Å². The monoisotopic (exact) mass is 472 g/mol. The molecule has 0 spiro atoms. The summed E-state index contributed by atoms with van der Waals surface area (Å²) < 4.78 is 21.4. The van der Waals surface area contributed by atoms with Crippen LogP contribution in [0.1, 0.15) is 73.7 Å². The highest BCUT2D eigenvalue weighted by Gasteiger charge is 2.37. The lowest BCUT2D eigenvalue weighted by Crippen LogP contribution is -2.34. The van der Waals surface area contributed by atoms with Crippen molar-refractivity contribution in [3.63, 3.8) is 0 Å². The van der Waals surface area contributed by atoms with Gasteiger partial charge in [-0.05, 0) is 52.5 Å². The first-order chi connectivity index (χ1) is 16.0. The van der Waals surface area contributed by atoms with Gasteiger partial charge in [-0.15, -0.1) is 0 Å². The lowest BCUT2D eigenvalue weighted by molar-refractivity contribution is -0.00909. The molecule has 0 bridgehead atoms. The van der Waals surface area contributed by atoms with E-state index in [0.717, 1.165) is 18.4 Å².